The Balaban J connectivity index is 2.50. The van der Waals surface area contributed by atoms with Crippen molar-refractivity contribution in [2.75, 3.05) is 13.1 Å². The van der Waals surface area contributed by atoms with Crippen molar-refractivity contribution in [3.8, 4) is 0 Å². The van der Waals surface area contributed by atoms with Gasteiger partial charge in [0.15, 0.2) is 0 Å². The van der Waals surface area contributed by atoms with E-state index in [4.69, 9.17) is 0 Å². The van der Waals surface area contributed by atoms with E-state index in [2.05, 4.69) is 16.0 Å². The quantitative estimate of drug-likeness (QED) is 0.681. The van der Waals surface area contributed by atoms with Crippen molar-refractivity contribution >= 4 is 11.8 Å². The van der Waals surface area contributed by atoms with E-state index in [1.807, 2.05) is 20.8 Å². The van der Waals surface area contributed by atoms with Crippen LogP contribution in [0.1, 0.15) is 40.5 Å². The Morgan fingerprint density at radius 1 is 1.11 bits per heavy atom. The lowest BCUT2D eigenvalue weighted by molar-refractivity contribution is -0.135. The van der Waals surface area contributed by atoms with E-state index >= 15 is 0 Å². The normalized spacial score (nSPS) is 20.3. The second kappa shape index (κ2) is 6.18. The van der Waals surface area contributed by atoms with Gasteiger partial charge in [0.05, 0.1) is 0 Å². The molecule has 1 atom stereocenters. The SMILES string of the molecule is CC(C)NC(=O)C(C)NC(=O)C1(C)CCNCC1. The summed E-state index contributed by atoms with van der Waals surface area (Å²) in [4.78, 5) is 23.9. The molecule has 1 aliphatic heterocycles. The molecule has 2 amide bonds. The van der Waals surface area contributed by atoms with Crippen molar-refractivity contribution in [2.24, 2.45) is 5.41 Å². The first-order valence-electron chi connectivity index (χ1n) is 6.67. The van der Waals surface area contributed by atoms with Crippen LogP contribution in [-0.2, 0) is 9.59 Å². The molecule has 18 heavy (non-hydrogen) atoms. The van der Waals surface area contributed by atoms with Crippen LogP contribution in [-0.4, -0.2) is 37.0 Å². The van der Waals surface area contributed by atoms with Crippen LogP contribution in [0, 0.1) is 5.41 Å². The molecule has 0 aromatic rings. The summed E-state index contributed by atoms with van der Waals surface area (Å²) in [6.45, 7) is 9.21. The van der Waals surface area contributed by atoms with Crippen LogP contribution in [0.15, 0.2) is 0 Å². The molecule has 0 spiro atoms. The molecule has 0 saturated carbocycles. The minimum atomic E-state index is -0.480. The van der Waals surface area contributed by atoms with E-state index in [0.717, 1.165) is 25.9 Å². The molecule has 1 rings (SSSR count). The van der Waals surface area contributed by atoms with Gasteiger partial charge in [0.2, 0.25) is 11.8 Å². The summed E-state index contributed by atoms with van der Waals surface area (Å²) >= 11 is 0. The summed E-state index contributed by atoms with van der Waals surface area (Å²) in [5, 5.41) is 8.85. The average molecular weight is 255 g/mol. The van der Waals surface area contributed by atoms with Crippen molar-refractivity contribution in [1.82, 2.24) is 16.0 Å². The van der Waals surface area contributed by atoms with Gasteiger partial charge in [-0.1, -0.05) is 6.92 Å². The fourth-order valence-electron chi connectivity index (χ4n) is 2.05. The van der Waals surface area contributed by atoms with Gasteiger partial charge in [-0.15, -0.1) is 0 Å². The third-order valence-electron chi connectivity index (χ3n) is 3.43. The molecular weight excluding hydrogens is 230 g/mol. The number of carbonyl (C=O) groups excluding carboxylic acids is 2. The Morgan fingerprint density at radius 2 is 1.67 bits per heavy atom. The molecule has 0 aliphatic carbocycles. The lowest BCUT2D eigenvalue weighted by Crippen LogP contribution is -2.52. The van der Waals surface area contributed by atoms with Crippen LogP contribution in [0.4, 0.5) is 0 Å². The number of hydrogen-bond donors (Lipinski definition) is 3. The van der Waals surface area contributed by atoms with Gasteiger partial charge in [0.1, 0.15) is 6.04 Å². The van der Waals surface area contributed by atoms with Crippen LogP contribution in [0.3, 0.4) is 0 Å². The highest BCUT2D eigenvalue weighted by molar-refractivity contribution is 5.89. The molecule has 0 aromatic carbocycles. The van der Waals surface area contributed by atoms with Gasteiger partial charge in [-0.25, -0.2) is 0 Å². The Morgan fingerprint density at radius 3 is 2.17 bits per heavy atom. The summed E-state index contributed by atoms with van der Waals surface area (Å²) < 4.78 is 0. The zero-order chi connectivity index (χ0) is 13.8. The van der Waals surface area contributed by atoms with Gasteiger partial charge in [0.25, 0.3) is 0 Å². The van der Waals surface area contributed by atoms with E-state index in [1.165, 1.54) is 0 Å². The van der Waals surface area contributed by atoms with E-state index in [1.54, 1.807) is 6.92 Å². The standard InChI is InChI=1S/C13H25N3O2/c1-9(2)15-11(17)10(3)16-12(18)13(4)5-7-14-8-6-13/h9-10,14H,5-8H2,1-4H3,(H,15,17)(H,16,18). The summed E-state index contributed by atoms with van der Waals surface area (Å²) in [7, 11) is 0. The number of nitrogens with one attached hydrogen (secondary N) is 3. The van der Waals surface area contributed by atoms with Crippen molar-refractivity contribution in [2.45, 2.75) is 52.6 Å². The molecule has 1 fully saturated rings. The zero-order valence-corrected chi connectivity index (χ0v) is 11.8. The number of amides is 2. The molecular formula is C13H25N3O2. The van der Waals surface area contributed by atoms with Gasteiger partial charge in [-0.2, -0.15) is 0 Å². The minimum Gasteiger partial charge on any atom is -0.352 e. The van der Waals surface area contributed by atoms with Crippen molar-refractivity contribution in [1.29, 1.82) is 0 Å². The largest absolute Gasteiger partial charge is 0.352 e. The highest BCUT2D eigenvalue weighted by Gasteiger charge is 2.35. The molecule has 3 N–H and O–H groups in total. The monoisotopic (exact) mass is 255 g/mol. The molecule has 1 saturated heterocycles. The number of piperidine rings is 1. The predicted octanol–water partition coefficient (Wildman–Crippen LogP) is 0.405. The van der Waals surface area contributed by atoms with Crippen molar-refractivity contribution in [3.63, 3.8) is 0 Å². The van der Waals surface area contributed by atoms with Crippen LogP contribution in [0.25, 0.3) is 0 Å². The molecule has 5 heteroatoms. The third-order valence-corrected chi connectivity index (χ3v) is 3.43. The van der Waals surface area contributed by atoms with Crippen molar-refractivity contribution < 1.29 is 9.59 Å². The fraction of sp³-hybridized carbons (Fsp3) is 0.846. The average Bonchev–Trinajstić information content (AvgIpc) is 2.28. The summed E-state index contributed by atoms with van der Waals surface area (Å²) in [6.07, 6.45) is 1.63. The summed E-state index contributed by atoms with van der Waals surface area (Å²) in [5.41, 5.74) is -0.350. The van der Waals surface area contributed by atoms with Gasteiger partial charge >= 0.3 is 0 Å². The van der Waals surface area contributed by atoms with Crippen LogP contribution < -0.4 is 16.0 Å². The summed E-state index contributed by atoms with van der Waals surface area (Å²) in [6, 6.07) is -0.391. The van der Waals surface area contributed by atoms with Gasteiger partial charge in [-0.3, -0.25) is 9.59 Å². The molecule has 0 aromatic heterocycles. The van der Waals surface area contributed by atoms with Crippen LogP contribution in [0.5, 0.6) is 0 Å². The predicted molar refractivity (Wildman–Crippen MR) is 71.1 cm³/mol. The Kier molecular flexibility index (Phi) is 5.14. The number of carbonyl (C=O) groups is 2. The minimum absolute atomic E-state index is 0.0181. The maximum absolute atomic E-state index is 12.2. The number of rotatable bonds is 4. The zero-order valence-electron chi connectivity index (χ0n) is 11.8. The Hall–Kier alpha value is -1.10. The lowest BCUT2D eigenvalue weighted by atomic mass is 9.80. The molecule has 1 heterocycles. The first-order valence-corrected chi connectivity index (χ1v) is 6.67. The molecule has 5 nitrogen and oxygen atoms in total. The smallest absolute Gasteiger partial charge is 0.242 e. The van der Waals surface area contributed by atoms with Crippen LogP contribution in [0.2, 0.25) is 0 Å². The molecule has 1 aliphatic rings. The summed E-state index contributed by atoms with van der Waals surface area (Å²) in [5.74, 6) is -0.147. The Bertz CT molecular complexity index is 309. The maximum Gasteiger partial charge on any atom is 0.242 e. The fourth-order valence-corrected chi connectivity index (χ4v) is 2.05. The maximum atomic E-state index is 12.2. The number of hydrogen-bond acceptors (Lipinski definition) is 3. The first kappa shape index (κ1) is 15.0. The topological polar surface area (TPSA) is 70.2 Å². The third kappa shape index (κ3) is 3.98. The van der Waals surface area contributed by atoms with Gasteiger partial charge < -0.3 is 16.0 Å². The van der Waals surface area contributed by atoms with E-state index in [-0.39, 0.29) is 23.3 Å². The molecule has 0 radical (unpaired) electrons. The van der Waals surface area contributed by atoms with Crippen LogP contribution >= 0.6 is 0 Å². The second-order valence-electron chi connectivity index (χ2n) is 5.67. The lowest BCUT2D eigenvalue weighted by Gasteiger charge is -2.33. The molecule has 0 bridgehead atoms. The molecule has 1 unspecified atom stereocenters. The van der Waals surface area contributed by atoms with E-state index in [0.29, 0.717) is 0 Å². The second-order valence-corrected chi connectivity index (χ2v) is 5.67. The first-order chi connectivity index (χ1) is 8.35. The highest BCUT2D eigenvalue weighted by Crippen LogP contribution is 2.28. The van der Waals surface area contributed by atoms with E-state index in [9.17, 15) is 9.59 Å². The van der Waals surface area contributed by atoms with E-state index < -0.39 is 6.04 Å². The molecule has 104 valence electrons. The highest BCUT2D eigenvalue weighted by atomic mass is 16.2. The van der Waals surface area contributed by atoms with Gasteiger partial charge in [0, 0.05) is 11.5 Å². The Labute approximate surface area is 109 Å². The van der Waals surface area contributed by atoms with Gasteiger partial charge in [-0.05, 0) is 46.7 Å². The van der Waals surface area contributed by atoms with Crippen molar-refractivity contribution in [3.05, 3.63) is 0 Å².